The smallest absolute Gasteiger partial charge is 0.354 e. The summed E-state index contributed by atoms with van der Waals surface area (Å²) in [5.74, 6) is -1.21. The minimum atomic E-state index is -1.21. The van der Waals surface area contributed by atoms with Gasteiger partial charge in [0.25, 0.3) is 0 Å². The van der Waals surface area contributed by atoms with Crippen molar-refractivity contribution in [2.24, 2.45) is 0 Å². The number of carboxylic acid groups (broad SMARTS) is 1. The van der Waals surface area contributed by atoms with Crippen molar-refractivity contribution in [3.05, 3.63) is 27.9 Å². The molecule has 0 aliphatic heterocycles. The van der Waals surface area contributed by atoms with Gasteiger partial charge in [0.15, 0.2) is 5.69 Å². The van der Waals surface area contributed by atoms with Gasteiger partial charge >= 0.3 is 11.7 Å². The fraction of sp³-hybridized carbons (Fsp3) is 0.500. The first kappa shape index (κ1) is 15.8. The molecule has 0 atom stereocenters. The second-order valence-electron chi connectivity index (χ2n) is 4.56. The standard InChI is InChI=1S/C12H18N4O4/c1-15(2)8-4-3-7-13-11-10(16(19)20)6-5-9(14-11)12(17)18/h5-6H,3-4,7-8H2,1-2H3,(H,13,14)(H,17,18). The quantitative estimate of drug-likeness (QED) is 0.422. The van der Waals surface area contributed by atoms with Crippen LogP contribution in [0.3, 0.4) is 0 Å². The van der Waals surface area contributed by atoms with E-state index in [9.17, 15) is 14.9 Å². The number of unbranched alkanes of at least 4 members (excludes halogenated alkanes) is 1. The molecule has 0 fully saturated rings. The Labute approximate surface area is 116 Å². The van der Waals surface area contributed by atoms with Crippen LogP contribution in [0.2, 0.25) is 0 Å². The molecule has 0 saturated carbocycles. The van der Waals surface area contributed by atoms with Crippen molar-refractivity contribution >= 4 is 17.5 Å². The fourth-order valence-electron chi connectivity index (χ4n) is 1.61. The summed E-state index contributed by atoms with van der Waals surface area (Å²) in [6.45, 7) is 1.43. The van der Waals surface area contributed by atoms with Crippen LogP contribution in [0.5, 0.6) is 0 Å². The lowest BCUT2D eigenvalue weighted by atomic mass is 10.3. The van der Waals surface area contributed by atoms with Gasteiger partial charge in [0.1, 0.15) is 0 Å². The summed E-state index contributed by atoms with van der Waals surface area (Å²) in [4.78, 5) is 26.9. The van der Waals surface area contributed by atoms with Crippen LogP contribution >= 0.6 is 0 Å². The van der Waals surface area contributed by atoms with Crippen molar-refractivity contribution in [3.8, 4) is 0 Å². The van der Waals surface area contributed by atoms with Crippen molar-refractivity contribution in [1.29, 1.82) is 0 Å². The van der Waals surface area contributed by atoms with Crippen LogP contribution in [0.15, 0.2) is 12.1 Å². The highest BCUT2D eigenvalue weighted by molar-refractivity contribution is 5.86. The van der Waals surface area contributed by atoms with E-state index in [1.165, 1.54) is 0 Å². The molecule has 0 amide bonds. The SMILES string of the molecule is CN(C)CCCCNc1nc(C(=O)O)ccc1[N+](=O)[O-]. The molecule has 20 heavy (non-hydrogen) atoms. The van der Waals surface area contributed by atoms with Gasteiger partial charge in [-0.05, 0) is 39.5 Å². The van der Waals surface area contributed by atoms with Crippen LogP contribution < -0.4 is 5.32 Å². The number of nitro groups is 1. The number of nitrogens with zero attached hydrogens (tertiary/aromatic N) is 3. The van der Waals surface area contributed by atoms with Gasteiger partial charge in [-0.25, -0.2) is 9.78 Å². The maximum absolute atomic E-state index is 10.9. The number of hydrogen-bond acceptors (Lipinski definition) is 6. The van der Waals surface area contributed by atoms with E-state index < -0.39 is 10.9 Å². The van der Waals surface area contributed by atoms with Crippen LogP contribution in [0.25, 0.3) is 0 Å². The number of rotatable bonds is 8. The Morgan fingerprint density at radius 3 is 2.70 bits per heavy atom. The van der Waals surface area contributed by atoms with Crippen LogP contribution in [0.1, 0.15) is 23.3 Å². The van der Waals surface area contributed by atoms with Gasteiger partial charge in [-0.2, -0.15) is 0 Å². The van der Waals surface area contributed by atoms with E-state index in [1.54, 1.807) is 0 Å². The Kier molecular flexibility index (Phi) is 5.85. The molecule has 0 radical (unpaired) electrons. The Hall–Kier alpha value is -2.22. The molecule has 2 N–H and O–H groups in total. The van der Waals surface area contributed by atoms with Gasteiger partial charge < -0.3 is 15.3 Å². The second-order valence-corrected chi connectivity index (χ2v) is 4.56. The third kappa shape index (κ3) is 4.81. The molecule has 0 aliphatic carbocycles. The third-order valence-corrected chi connectivity index (χ3v) is 2.61. The lowest BCUT2D eigenvalue weighted by Crippen LogP contribution is -2.15. The molecule has 1 heterocycles. The predicted molar refractivity (Wildman–Crippen MR) is 74.1 cm³/mol. The zero-order chi connectivity index (χ0) is 15.1. The van der Waals surface area contributed by atoms with E-state index in [1.807, 2.05) is 19.0 Å². The van der Waals surface area contributed by atoms with Crippen LogP contribution in [0.4, 0.5) is 11.5 Å². The average Bonchev–Trinajstić information content (AvgIpc) is 2.37. The number of carboxylic acids is 1. The molecule has 0 bridgehead atoms. The summed E-state index contributed by atoms with van der Waals surface area (Å²) in [6, 6.07) is 2.27. The first-order chi connectivity index (χ1) is 9.41. The van der Waals surface area contributed by atoms with Crippen LogP contribution in [-0.2, 0) is 0 Å². The molecule has 8 heteroatoms. The van der Waals surface area contributed by atoms with Crippen LogP contribution in [0, 0.1) is 10.1 Å². The summed E-state index contributed by atoms with van der Waals surface area (Å²) >= 11 is 0. The number of carbonyl (C=O) groups is 1. The fourth-order valence-corrected chi connectivity index (χ4v) is 1.61. The Morgan fingerprint density at radius 2 is 2.15 bits per heavy atom. The predicted octanol–water partition coefficient (Wildman–Crippen LogP) is 1.44. The van der Waals surface area contributed by atoms with Crippen molar-refractivity contribution < 1.29 is 14.8 Å². The minimum Gasteiger partial charge on any atom is -0.477 e. The molecular weight excluding hydrogens is 264 g/mol. The summed E-state index contributed by atoms with van der Waals surface area (Å²) in [5, 5.41) is 22.5. The van der Waals surface area contributed by atoms with Gasteiger partial charge in [0, 0.05) is 12.6 Å². The van der Waals surface area contributed by atoms with Crippen molar-refractivity contribution in [2.45, 2.75) is 12.8 Å². The molecule has 0 aromatic carbocycles. The maximum atomic E-state index is 10.9. The zero-order valence-corrected chi connectivity index (χ0v) is 11.5. The zero-order valence-electron chi connectivity index (χ0n) is 11.5. The van der Waals surface area contributed by atoms with E-state index in [0.717, 1.165) is 31.5 Å². The maximum Gasteiger partial charge on any atom is 0.354 e. The molecule has 0 aliphatic rings. The first-order valence-electron chi connectivity index (χ1n) is 6.19. The summed E-state index contributed by atoms with van der Waals surface area (Å²) in [6.07, 6.45) is 1.75. The van der Waals surface area contributed by atoms with E-state index in [-0.39, 0.29) is 17.2 Å². The van der Waals surface area contributed by atoms with E-state index >= 15 is 0 Å². The molecule has 0 spiro atoms. The Bertz CT molecular complexity index is 490. The number of anilines is 1. The topological polar surface area (TPSA) is 109 Å². The van der Waals surface area contributed by atoms with Gasteiger partial charge in [0.2, 0.25) is 5.82 Å². The van der Waals surface area contributed by atoms with Crippen LogP contribution in [-0.4, -0.2) is 53.1 Å². The summed E-state index contributed by atoms with van der Waals surface area (Å²) in [7, 11) is 3.94. The number of aromatic nitrogens is 1. The highest BCUT2D eigenvalue weighted by atomic mass is 16.6. The van der Waals surface area contributed by atoms with Gasteiger partial charge in [0.05, 0.1) is 4.92 Å². The van der Waals surface area contributed by atoms with Crippen molar-refractivity contribution in [3.63, 3.8) is 0 Å². The van der Waals surface area contributed by atoms with Gasteiger partial charge in [-0.3, -0.25) is 10.1 Å². The second kappa shape index (κ2) is 7.39. The molecule has 8 nitrogen and oxygen atoms in total. The molecule has 1 aromatic rings. The third-order valence-electron chi connectivity index (χ3n) is 2.61. The molecular formula is C12H18N4O4. The van der Waals surface area contributed by atoms with Gasteiger partial charge in [-0.15, -0.1) is 0 Å². The highest BCUT2D eigenvalue weighted by Gasteiger charge is 2.17. The van der Waals surface area contributed by atoms with Crippen molar-refractivity contribution in [2.75, 3.05) is 32.5 Å². The summed E-state index contributed by atoms with van der Waals surface area (Å²) < 4.78 is 0. The number of nitrogens with one attached hydrogen (secondary N) is 1. The molecule has 1 aromatic heterocycles. The van der Waals surface area contributed by atoms with Gasteiger partial charge in [-0.1, -0.05) is 0 Å². The average molecular weight is 282 g/mol. The lowest BCUT2D eigenvalue weighted by Gasteiger charge is -2.10. The van der Waals surface area contributed by atoms with E-state index in [4.69, 9.17) is 5.11 Å². The normalized spacial score (nSPS) is 10.6. The number of aromatic carboxylic acids is 1. The van der Waals surface area contributed by atoms with E-state index in [2.05, 4.69) is 10.3 Å². The molecule has 110 valence electrons. The van der Waals surface area contributed by atoms with E-state index in [0.29, 0.717) is 6.54 Å². The Morgan fingerprint density at radius 1 is 1.45 bits per heavy atom. The monoisotopic (exact) mass is 282 g/mol. The lowest BCUT2D eigenvalue weighted by molar-refractivity contribution is -0.384. The molecule has 0 unspecified atom stereocenters. The number of pyridine rings is 1. The highest BCUT2D eigenvalue weighted by Crippen LogP contribution is 2.22. The van der Waals surface area contributed by atoms with Crippen molar-refractivity contribution in [1.82, 2.24) is 9.88 Å². The first-order valence-corrected chi connectivity index (χ1v) is 6.19. The molecule has 1 rings (SSSR count). The summed E-state index contributed by atoms with van der Waals surface area (Å²) in [5.41, 5.74) is -0.436. The minimum absolute atomic E-state index is 0.000229. The number of hydrogen-bond donors (Lipinski definition) is 2. The largest absolute Gasteiger partial charge is 0.477 e. The molecule has 0 saturated heterocycles. The Balaban J connectivity index is 2.68.